The number of carbonyl (C=O) groups excluding carboxylic acids is 1. The molecule has 0 aliphatic carbocycles. The number of aromatic hydroxyl groups is 1. The quantitative estimate of drug-likeness (QED) is 0.752. The van der Waals surface area contributed by atoms with E-state index in [1.54, 1.807) is 23.1 Å². The maximum Gasteiger partial charge on any atom is 0.259 e. The molecule has 5 heteroatoms. The minimum absolute atomic E-state index is 0.0266. The number of benzene rings is 2. The van der Waals surface area contributed by atoms with E-state index in [1.165, 1.54) is 24.3 Å². The number of phenols is 1. The van der Waals surface area contributed by atoms with E-state index >= 15 is 0 Å². The highest BCUT2D eigenvalue weighted by Gasteiger charge is 2.34. The zero-order valence-electron chi connectivity index (χ0n) is 13.7. The largest absolute Gasteiger partial charge is 0.508 e. The van der Waals surface area contributed by atoms with Crippen molar-refractivity contribution in [1.82, 2.24) is 4.57 Å². The van der Waals surface area contributed by atoms with E-state index in [2.05, 4.69) is 0 Å². The van der Waals surface area contributed by atoms with Crippen LogP contribution in [0, 0.1) is 5.82 Å². The van der Waals surface area contributed by atoms with Crippen molar-refractivity contribution in [2.45, 2.75) is 19.4 Å². The number of phenolic OH excluding ortho intramolecular Hbond substituents is 1. The first kappa shape index (κ1) is 15.4. The fourth-order valence-electron chi connectivity index (χ4n) is 3.50. The Morgan fingerprint density at radius 3 is 2.72 bits per heavy atom. The molecule has 2 aromatic carbocycles. The number of rotatable bonds is 2. The molecule has 1 aliphatic rings. The Hall–Kier alpha value is -3.08. The highest BCUT2D eigenvalue weighted by molar-refractivity contribution is 6.08. The Labute approximate surface area is 144 Å². The predicted molar refractivity (Wildman–Crippen MR) is 93.7 cm³/mol. The molecule has 0 radical (unpaired) electrons. The minimum Gasteiger partial charge on any atom is -0.508 e. The van der Waals surface area contributed by atoms with Gasteiger partial charge in [0.15, 0.2) is 0 Å². The van der Waals surface area contributed by atoms with Gasteiger partial charge in [0.25, 0.3) is 5.91 Å². The smallest absolute Gasteiger partial charge is 0.259 e. The van der Waals surface area contributed by atoms with Crippen molar-refractivity contribution in [1.29, 1.82) is 0 Å². The van der Waals surface area contributed by atoms with Gasteiger partial charge < -0.3 is 9.67 Å². The average Bonchev–Trinajstić information content (AvgIpc) is 3.09. The molecule has 1 N–H and O–H groups in total. The lowest BCUT2D eigenvalue weighted by atomic mass is 10.0. The van der Waals surface area contributed by atoms with E-state index in [0.717, 1.165) is 11.4 Å². The van der Waals surface area contributed by atoms with Crippen molar-refractivity contribution >= 4 is 11.6 Å². The van der Waals surface area contributed by atoms with Crippen LogP contribution in [-0.2, 0) is 0 Å². The maximum atomic E-state index is 13.9. The van der Waals surface area contributed by atoms with Crippen LogP contribution in [-0.4, -0.2) is 15.6 Å². The van der Waals surface area contributed by atoms with Gasteiger partial charge in [-0.05, 0) is 55.0 Å². The number of nitrogens with zero attached hydrogens (tertiary/aromatic N) is 2. The van der Waals surface area contributed by atoms with Crippen LogP contribution < -0.4 is 4.90 Å². The first-order chi connectivity index (χ1) is 12.1. The highest BCUT2D eigenvalue weighted by atomic mass is 19.1. The number of fused-ring (bicyclic) bond motifs is 3. The Bertz CT molecular complexity index is 964. The summed E-state index contributed by atoms with van der Waals surface area (Å²) in [5, 5.41) is 9.71. The highest BCUT2D eigenvalue weighted by Crippen LogP contribution is 2.41. The summed E-state index contributed by atoms with van der Waals surface area (Å²) in [5.41, 5.74) is 2.65. The van der Waals surface area contributed by atoms with Crippen LogP contribution in [0.5, 0.6) is 5.75 Å². The van der Waals surface area contributed by atoms with Crippen molar-refractivity contribution in [3.8, 4) is 11.4 Å². The van der Waals surface area contributed by atoms with Gasteiger partial charge in [-0.15, -0.1) is 0 Å². The molecule has 3 aromatic rings. The second-order valence-corrected chi connectivity index (χ2v) is 6.09. The number of halogens is 1. The van der Waals surface area contributed by atoms with E-state index < -0.39 is 5.82 Å². The summed E-state index contributed by atoms with van der Waals surface area (Å²) in [6.45, 7) is 2.00. The molecule has 4 nitrogen and oxygen atoms in total. The van der Waals surface area contributed by atoms with Crippen LogP contribution in [0.4, 0.5) is 10.1 Å². The zero-order chi connectivity index (χ0) is 17.6. The second-order valence-electron chi connectivity index (χ2n) is 6.09. The van der Waals surface area contributed by atoms with Crippen molar-refractivity contribution in [3.63, 3.8) is 0 Å². The Balaban J connectivity index is 1.92. The van der Waals surface area contributed by atoms with Crippen molar-refractivity contribution in [3.05, 3.63) is 77.9 Å². The summed E-state index contributed by atoms with van der Waals surface area (Å²) in [7, 11) is 0. The van der Waals surface area contributed by atoms with E-state index in [1.807, 2.05) is 29.8 Å². The molecule has 25 heavy (non-hydrogen) atoms. The summed E-state index contributed by atoms with van der Waals surface area (Å²) >= 11 is 0. The molecule has 0 saturated heterocycles. The van der Waals surface area contributed by atoms with Crippen molar-refractivity contribution in [2.24, 2.45) is 0 Å². The lowest BCUT2D eigenvalue weighted by Crippen LogP contribution is -2.39. The Morgan fingerprint density at radius 1 is 1.12 bits per heavy atom. The average molecular weight is 336 g/mol. The minimum atomic E-state index is -0.391. The van der Waals surface area contributed by atoms with Gasteiger partial charge in [0.2, 0.25) is 0 Å². The number of carbonyl (C=O) groups is 1. The van der Waals surface area contributed by atoms with Gasteiger partial charge in [0.05, 0.1) is 17.4 Å². The summed E-state index contributed by atoms with van der Waals surface area (Å²) in [5.74, 6) is -0.626. The number of amides is 1. The topological polar surface area (TPSA) is 45.5 Å². The molecule has 126 valence electrons. The molecule has 4 rings (SSSR count). The Morgan fingerprint density at radius 2 is 1.96 bits per heavy atom. The third-order valence-electron chi connectivity index (χ3n) is 4.59. The molecule has 0 unspecified atom stereocenters. The molecule has 1 aliphatic heterocycles. The van der Waals surface area contributed by atoms with Crippen molar-refractivity contribution < 1.29 is 14.3 Å². The third-order valence-corrected chi connectivity index (χ3v) is 4.59. The molecular weight excluding hydrogens is 319 g/mol. The van der Waals surface area contributed by atoms with Gasteiger partial charge in [0.1, 0.15) is 11.6 Å². The standard InChI is InChI=1S/C20H17FN2O2/c1-2-16-17-7-4-10-22(17)18-9-8-14(21)12-19(18)23(16)20(25)13-5-3-6-15(24)11-13/h3-12,16,24H,2H2,1H3/t16-/m0/s1. The third kappa shape index (κ3) is 2.39. The molecule has 0 spiro atoms. The van der Waals surface area contributed by atoms with Crippen LogP contribution in [0.15, 0.2) is 60.8 Å². The van der Waals surface area contributed by atoms with Gasteiger partial charge in [-0.1, -0.05) is 13.0 Å². The molecule has 1 aromatic heterocycles. The lowest BCUT2D eigenvalue weighted by molar-refractivity contribution is 0.0973. The van der Waals surface area contributed by atoms with Crippen LogP contribution in [0.25, 0.3) is 5.69 Å². The lowest BCUT2D eigenvalue weighted by Gasteiger charge is -2.38. The van der Waals surface area contributed by atoms with E-state index in [4.69, 9.17) is 0 Å². The normalized spacial score (nSPS) is 15.6. The summed E-state index contributed by atoms with van der Waals surface area (Å²) < 4.78 is 15.9. The number of hydrogen-bond acceptors (Lipinski definition) is 2. The Kier molecular flexibility index (Phi) is 3.57. The van der Waals surface area contributed by atoms with E-state index in [9.17, 15) is 14.3 Å². The van der Waals surface area contributed by atoms with Gasteiger partial charge in [-0.2, -0.15) is 0 Å². The fourth-order valence-corrected chi connectivity index (χ4v) is 3.50. The maximum absolute atomic E-state index is 13.9. The number of hydrogen-bond donors (Lipinski definition) is 1. The summed E-state index contributed by atoms with van der Waals surface area (Å²) in [4.78, 5) is 14.8. The SMILES string of the molecule is CC[C@H]1c2cccn2-c2ccc(F)cc2N1C(=O)c1cccc(O)c1. The summed E-state index contributed by atoms with van der Waals surface area (Å²) in [6, 6.07) is 14.4. The molecule has 0 saturated carbocycles. The molecule has 1 amide bonds. The molecule has 2 heterocycles. The molecule has 0 bridgehead atoms. The van der Waals surface area contributed by atoms with Gasteiger partial charge in [0, 0.05) is 17.5 Å². The van der Waals surface area contributed by atoms with Gasteiger partial charge in [-0.25, -0.2) is 4.39 Å². The zero-order valence-corrected chi connectivity index (χ0v) is 13.7. The fraction of sp³-hybridized carbons (Fsp3) is 0.150. The van der Waals surface area contributed by atoms with E-state index in [-0.39, 0.29) is 17.7 Å². The van der Waals surface area contributed by atoms with Crippen molar-refractivity contribution in [2.75, 3.05) is 4.90 Å². The molecule has 1 atom stereocenters. The molecule has 0 fully saturated rings. The monoisotopic (exact) mass is 336 g/mol. The van der Waals surface area contributed by atoms with E-state index in [0.29, 0.717) is 17.7 Å². The summed E-state index contributed by atoms with van der Waals surface area (Å²) in [6.07, 6.45) is 2.61. The molecular formula is C20H17FN2O2. The van der Waals surface area contributed by atoms with Gasteiger partial charge >= 0.3 is 0 Å². The first-order valence-corrected chi connectivity index (χ1v) is 8.20. The second kappa shape index (κ2) is 5.77. The number of aromatic nitrogens is 1. The van der Waals surface area contributed by atoms with Gasteiger partial charge in [-0.3, -0.25) is 9.69 Å². The first-order valence-electron chi connectivity index (χ1n) is 8.20. The van der Waals surface area contributed by atoms with Crippen LogP contribution in [0.3, 0.4) is 0 Å². The van der Waals surface area contributed by atoms with Crippen LogP contribution in [0.1, 0.15) is 35.4 Å². The number of anilines is 1. The van der Waals surface area contributed by atoms with Crippen LogP contribution in [0.2, 0.25) is 0 Å². The predicted octanol–water partition coefficient (Wildman–Crippen LogP) is 4.43. The van der Waals surface area contributed by atoms with Crippen LogP contribution >= 0.6 is 0 Å².